The Bertz CT molecular complexity index is 508. The molecule has 0 saturated carbocycles. The Balaban J connectivity index is 2.52. The molecule has 0 aliphatic carbocycles. The van der Waals surface area contributed by atoms with Crippen molar-refractivity contribution in [3.05, 3.63) is 35.9 Å². The van der Waals surface area contributed by atoms with E-state index in [2.05, 4.69) is 10.6 Å². The van der Waals surface area contributed by atoms with Crippen molar-refractivity contribution in [1.29, 1.82) is 0 Å². The van der Waals surface area contributed by atoms with Crippen molar-refractivity contribution in [2.45, 2.75) is 39.7 Å². The molecule has 1 aromatic carbocycles. The molecular weight excluding hydrogens is 295 g/mol. The van der Waals surface area contributed by atoms with Crippen LogP contribution in [0.15, 0.2) is 30.3 Å². The summed E-state index contributed by atoms with van der Waals surface area (Å²) in [5.74, 6) is -2.43. The molecule has 0 aliphatic heterocycles. The second kappa shape index (κ2) is 9.32. The zero-order chi connectivity index (χ0) is 17.4. The lowest BCUT2D eigenvalue weighted by molar-refractivity contribution is -0.134. The first kappa shape index (κ1) is 19.2. The predicted octanol–water partition coefficient (Wildman–Crippen LogP) is 0.482. The molecule has 0 bridgehead atoms. The summed E-state index contributed by atoms with van der Waals surface area (Å²) in [7, 11) is -1.65. The predicted molar refractivity (Wildman–Crippen MR) is 89.0 cm³/mol. The van der Waals surface area contributed by atoms with E-state index in [-0.39, 0.29) is 5.92 Å². The minimum atomic E-state index is -1.65. The van der Waals surface area contributed by atoms with Crippen LogP contribution < -0.4 is 10.6 Å². The Kier molecular flexibility index (Phi) is 7.78. The molecule has 0 saturated heterocycles. The maximum absolute atomic E-state index is 12.1. The minimum absolute atomic E-state index is 0.185. The standard InChI is InChI=1S/C16H25BN2O4/c1-11(2)9-14(17(22)23)19-16(21)12(3)15(20)18-10-13-7-5-4-6-8-13/h4-8,11-12,14,22-23H,9-10H2,1-3H3,(H,18,20)(H,19,21)/t12?,14-/m0/s1. The Morgan fingerprint density at radius 3 is 2.22 bits per heavy atom. The van der Waals surface area contributed by atoms with Crippen molar-refractivity contribution < 1.29 is 19.6 Å². The summed E-state index contributed by atoms with van der Waals surface area (Å²) in [6, 6.07) is 9.39. The van der Waals surface area contributed by atoms with E-state index < -0.39 is 30.8 Å². The summed E-state index contributed by atoms with van der Waals surface area (Å²) in [5, 5.41) is 23.9. The number of hydrogen-bond donors (Lipinski definition) is 4. The van der Waals surface area contributed by atoms with Crippen LogP contribution in [0.25, 0.3) is 0 Å². The summed E-state index contributed by atoms with van der Waals surface area (Å²) in [6.07, 6.45) is 0.418. The summed E-state index contributed by atoms with van der Waals surface area (Å²) < 4.78 is 0. The summed E-state index contributed by atoms with van der Waals surface area (Å²) in [4.78, 5) is 24.1. The first-order chi connectivity index (χ1) is 10.8. The van der Waals surface area contributed by atoms with E-state index in [0.29, 0.717) is 13.0 Å². The van der Waals surface area contributed by atoms with Crippen LogP contribution in [0.4, 0.5) is 0 Å². The molecule has 7 heteroatoms. The van der Waals surface area contributed by atoms with Crippen molar-refractivity contribution in [3.63, 3.8) is 0 Å². The number of carbonyl (C=O) groups excluding carboxylic acids is 2. The molecule has 23 heavy (non-hydrogen) atoms. The van der Waals surface area contributed by atoms with Crippen LogP contribution in [-0.4, -0.2) is 34.9 Å². The van der Waals surface area contributed by atoms with Crippen molar-refractivity contribution in [3.8, 4) is 0 Å². The van der Waals surface area contributed by atoms with Gasteiger partial charge in [0, 0.05) is 6.54 Å². The van der Waals surface area contributed by atoms with E-state index in [4.69, 9.17) is 0 Å². The molecule has 0 spiro atoms. The molecule has 0 aliphatic rings. The number of rotatable bonds is 8. The van der Waals surface area contributed by atoms with Gasteiger partial charge in [0.1, 0.15) is 5.92 Å². The topological polar surface area (TPSA) is 98.7 Å². The minimum Gasteiger partial charge on any atom is -0.426 e. The summed E-state index contributed by atoms with van der Waals surface area (Å²) in [6.45, 7) is 5.66. The normalized spacial score (nSPS) is 13.3. The lowest BCUT2D eigenvalue weighted by atomic mass is 9.75. The molecule has 1 unspecified atom stereocenters. The van der Waals surface area contributed by atoms with Gasteiger partial charge < -0.3 is 20.7 Å². The van der Waals surface area contributed by atoms with E-state index in [1.807, 2.05) is 44.2 Å². The van der Waals surface area contributed by atoms with Crippen LogP contribution in [0.1, 0.15) is 32.8 Å². The third-order valence-corrected chi connectivity index (χ3v) is 3.51. The number of carbonyl (C=O) groups is 2. The average Bonchev–Trinajstić information content (AvgIpc) is 2.51. The zero-order valence-corrected chi connectivity index (χ0v) is 13.8. The van der Waals surface area contributed by atoms with Crippen LogP contribution in [-0.2, 0) is 16.1 Å². The highest BCUT2D eigenvalue weighted by Crippen LogP contribution is 2.07. The fraction of sp³-hybridized carbons (Fsp3) is 0.500. The van der Waals surface area contributed by atoms with Gasteiger partial charge in [-0.2, -0.15) is 0 Å². The Morgan fingerprint density at radius 2 is 1.70 bits per heavy atom. The van der Waals surface area contributed by atoms with Crippen LogP contribution in [0, 0.1) is 11.8 Å². The number of hydrogen-bond acceptors (Lipinski definition) is 4. The maximum atomic E-state index is 12.1. The molecule has 4 N–H and O–H groups in total. The highest BCUT2D eigenvalue weighted by Gasteiger charge is 2.29. The number of amides is 2. The van der Waals surface area contributed by atoms with E-state index in [1.54, 1.807) is 0 Å². The summed E-state index contributed by atoms with van der Waals surface area (Å²) in [5.41, 5.74) is 0.942. The molecule has 126 valence electrons. The third-order valence-electron chi connectivity index (χ3n) is 3.51. The van der Waals surface area contributed by atoms with E-state index in [1.165, 1.54) is 6.92 Å². The van der Waals surface area contributed by atoms with Gasteiger partial charge in [-0.05, 0) is 24.8 Å². The largest absolute Gasteiger partial charge is 0.475 e. The molecule has 0 fully saturated rings. The van der Waals surface area contributed by atoms with Gasteiger partial charge in [-0.25, -0.2) is 0 Å². The SMILES string of the molecule is CC(C)C[C@H](NC(=O)C(C)C(=O)NCc1ccccc1)B(O)O. The zero-order valence-electron chi connectivity index (χ0n) is 13.8. The highest BCUT2D eigenvalue weighted by molar-refractivity contribution is 6.43. The molecule has 0 radical (unpaired) electrons. The number of nitrogens with one attached hydrogen (secondary N) is 2. The van der Waals surface area contributed by atoms with Gasteiger partial charge >= 0.3 is 7.12 Å². The van der Waals surface area contributed by atoms with Gasteiger partial charge in [0.2, 0.25) is 11.8 Å². The molecule has 6 nitrogen and oxygen atoms in total. The second-order valence-corrected chi connectivity index (χ2v) is 6.08. The molecular formula is C16H25BN2O4. The monoisotopic (exact) mass is 320 g/mol. The lowest BCUT2D eigenvalue weighted by Gasteiger charge is -2.21. The Labute approximate surface area is 137 Å². The van der Waals surface area contributed by atoms with Crippen LogP contribution >= 0.6 is 0 Å². The molecule has 0 aromatic heterocycles. The van der Waals surface area contributed by atoms with Gasteiger partial charge in [0.15, 0.2) is 0 Å². The van der Waals surface area contributed by atoms with Gasteiger partial charge in [-0.1, -0.05) is 44.2 Å². The Morgan fingerprint density at radius 1 is 1.09 bits per heavy atom. The summed E-state index contributed by atoms with van der Waals surface area (Å²) >= 11 is 0. The number of benzene rings is 1. The average molecular weight is 320 g/mol. The fourth-order valence-electron chi connectivity index (χ4n) is 2.13. The fourth-order valence-corrected chi connectivity index (χ4v) is 2.13. The van der Waals surface area contributed by atoms with Crippen LogP contribution in [0.2, 0.25) is 0 Å². The van der Waals surface area contributed by atoms with Crippen molar-refractivity contribution >= 4 is 18.9 Å². The van der Waals surface area contributed by atoms with Crippen LogP contribution in [0.3, 0.4) is 0 Å². The van der Waals surface area contributed by atoms with Crippen molar-refractivity contribution in [1.82, 2.24) is 10.6 Å². The van der Waals surface area contributed by atoms with Gasteiger partial charge in [-0.15, -0.1) is 0 Å². The van der Waals surface area contributed by atoms with E-state index in [9.17, 15) is 19.6 Å². The molecule has 0 heterocycles. The first-order valence-electron chi connectivity index (χ1n) is 7.79. The molecule has 1 aromatic rings. The van der Waals surface area contributed by atoms with E-state index in [0.717, 1.165) is 5.56 Å². The quantitative estimate of drug-likeness (QED) is 0.414. The van der Waals surface area contributed by atoms with Crippen molar-refractivity contribution in [2.24, 2.45) is 11.8 Å². The van der Waals surface area contributed by atoms with Gasteiger partial charge in [-0.3, -0.25) is 9.59 Å². The van der Waals surface area contributed by atoms with Crippen molar-refractivity contribution in [2.75, 3.05) is 0 Å². The molecule has 1 rings (SSSR count). The van der Waals surface area contributed by atoms with E-state index >= 15 is 0 Å². The smallest absolute Gasteiger partial charge is 0.426 e. The van der Waals surface area contributed by atoms with Crippen LogP contribution in [0.5, 0.6) is 0 Å². The van der Waals surface area contributed by atoms with Gasteiger partial charge in [0.05, 0.1) is 5.94 Å². The molecule has 2 atom stereocenters. The Hall–Kier alpha value is -1.86. The highest BCUT2D eigenvalue weighted by atomic mass is 16.4. The third kappa shape index (κ3) is 6.84. The maximum Gasteiger partial charge on any atom is 0.475 e. The lowest BCUT2D eigenvalue weighted by Crippen LogP contribution is -2.50. The first-order valence-corrected chi connectivity index (χ1v) is 7.79. The second-order valence-electron chi connectivity index (χ2n) is 6.08. The van der Waals surface area contributed by atoms with Gasteiger partial charge in [0.25, 0.3) is 0 Å². The molecule has 2 amide bonds.